The average molecular weight is 442 g/mol. The van der Waals surface area contributed by atoms with Crippen LogP contribution in [0.5, 0.6) is 5.75 Å². The number of piperidine rings is 1. The van der Waals surface area contributed by atoms with Crippen molar-refractivity contribution in [2.75, 3.05) is 25.1 Å². The summed E-state index contributed by atoms with van der Waals surface area (Å²) in [5.74, 6) is -3.54. The van der Waals surface area contributed by atoms with Crippen molar-refractivity contribution >= 4 is 17.4 Å². The third kappa shape index (κ3) is 4.84. The second-order valence-corrected chi connectivity index (χ2v) is 6.92. The summed E-state index contributed by atoms with van der Waals surface area (Å²) < 4.78 is 57.7. The first-order chi connectivity index (χ1) is 14.6. The van der Waals surface area contributed by atoms with Gasteiger partial charge in [0.05, 0.1) is 18.1 Å². The lowest BCUT2D eigenvalue weighted by molar-refractivity contribution is -0.384. The number of nitro groups is 1. The van der Waals surface area contributed by atoms with Crippen LogP contribution in [0, 0.1) is 15.9 Å². The van der Waals surface area contributed by atoms with Gasteiger partial charge >= 0.3 is 17.8 Å². The number of carbonyl (C=O) groups is 1. The minimum Gasteiger partial charge on any atom is -0.494 e. The average Bonchev–Trinajstić information content (AvgIpc) is 2.73. The molecule has 31 heavy (non-hydrogen) atoms. The van der Waals surface area contributed by atoms with Crippen LogP contribution in [-0.4, -0.2) is 48.2 Å². The second kappa shape index (κ2) is 8.74. The number of rotatable bonds is 5. The van der Waals surface area contributed by atoms with Gasteiger partial charge in [0.15, 0.2) is 11.6 Å². The van der Waals surface area contributed by atoms with Crippen molar-refractivity contribution in [1.29, 1.82) is 0 Å². The van der Waals surface area contributed by atoms with E-state index >= 15 is 0 Å². The Bertz CT molecular complexity index is 986. The maximum atomic E-state index is 14.2. The molecule has 1 saturated heterocycles. The fraction of sp³-hybridized carbons (Fsp3) is 0.368. The molecule has 2 atom stereocenters. The summed E-state index contributed by atoms with van der Waals surface area (Å²) in [4.78, 5) is 27.7. The van der Waals surface area contributed by atoms with E-state index in [-0.39, 0.29) is 36.8 Å². The standard InChI is InChI=1S/C19H18F4N4O4/c1-31-16-5-4-11(9-13(16)20)12-6-8-26(10-14(12)25-18(28)19(21,22)23)17-15(27(29)30)3-2-7-24-17/h2-5,7,9,12,14H,6,8,10H2,1H3,(H,25,28). The number of ether oxygens (including phenoxy) is 1. The van der Waals surface area contributed by atoms with Gasteiger partial charge in [-0.1, -0.05) is 6.07 Å². The highest BCUT2D eigenvalue weighted by Gasteiger charge is 2.43. The number of halogens is 4. The van der Waals surface area contributed by atoms with Crippen molar-refractivity contribution in [3.63, 3.8) is 0 Å². The highest BCUT2D eigenvalue weighted by molar-refractivity contribution is 5.82. The van der Waals surface area contributed by atoms with Crippen LogP contribution in [0.15, 0.2) is 36.5 Å². The number of anilines is 1. The number of aromatic nitrogens is 1. The smallest absolute Gasteiger partial charge is 0.471 e. The van der Waals surface area contributed by atoms with E-state index in [0.717, 1.165) is 6.07 Å². The molecule has 0 bridgehead atoms. The van der Waals surface area contributed by atoms with Gasteiger partial charge < -0.3 is 15.0 Å². The molecule has 1 fully saturated rings. The van der Waals surface area contributed by atoms with Gasteiger partial charge in [-0.3, -0.25) is 14.9 Å². The van der Waals surface area contributed by atoms with Crippen molar-refractivity contribution in [2.24, 2.45) is 0 Å². The van der Waals surface area contributed by atoms with Crippen molar-refractivity contribution < 1.29 is 32.0 Å². The maximum Gasteiger partial charge on any atom is 0.471 e. The largest absolute Gasteiger partial charge is 0.494 e. The van der Waals surface area contributed by atoms with E-state index in [1.54, 1.807) is 0 Å². The molecule has 166 valence electrons. The summed E-state index contributed by atoms with van der Waals surface area (Å²) in [6.07, 6.45) is -3.59. The fourth-order valence-electron chi connectivity index (χ4n) is 3.63. The van der Waals surface area contributed by atoms with Gasteiger partial charge in [-0.15, -0.1) is 0 Å². The zero-order chi connectivity index (χ0) is 22.8. The van der Waals surface area contributed by atoms with Gasteiger partial charge in [0.25, 0.3) is 0 Å². The lowest BCUT2D eigenvalue weighted by Gasteiger charge is -2.39. The lowest BCUT2D eigenvalue weighted by Crippen LogP contribution is -2.54. The van der Waals surface area contributed by atoms with E-state index in [2.05, 4.69) is 4.98 Å². The van der Waals surface area contributed by atoms with E-state index in [1.165, 1.54) is 42.5 Å². The number of nitrogens with one attached hydrogen (secondary N) is 1. The molecule has 3 rings (SSSR count). The Hall–Kier alpha value is -3.44. The van der Waals surface area contributed by atoms with Gasteiger partial charge in [0.2, 0.25) is 5.82 Å². The first kappa shape index (κ1) is 22.2. The van der Waals surface area contributed by atoms with Crippen molar-refractivity contribution in [3.8, 4) is 5.75 Å². The van der Waals surface area contributed by atoms with Gasteiger partial charge in [-0.05, 0) is 30.2 Å². The molecule has 12 heteroatoms. The van der Waals surface area contributed by atoms with Crippen LogP contribution < -0.4 is 15.0 Å². The summed E-state index contributed by atoms with van der Waals surface area (Å²) >= 11 is 0. The summed E-state index contributed by atoms with van der Waals surface area (Å²) in [5.41, 5.74) is 0.0679. The third-order valence-electron chi connectivity index (χ3n) is 5.05. The molecule has 2 unspecified atom stereocenters. The quantitative estimate of drug-likeness (QED) is 0.434. The zero-order valence-corrected chi connectivity index (χ0v) is 16.2. The molecule has 1 aliphatic rings. The van der Waals surface area contributed by atoms with Gasteiger partial charge in [0.1, 0.15) is 0 Å². The summed E-state index contributed by atoms with van der Waals surface area (Å²) in [6, 6.07) is 5.52. The summed E-state index contributed by atoms with van der Waals surface area (Å²) in [6.45, 7) is 0.0204. The zero-order valence-electron chi connectivity index (χ0n) is 16.2. The normalized spacial score (nSPS) is 19.1. The molecule has 0 spiro atoms. The molecule has 1 aromatic carbocycles. The molecular weight excluding hydrogens is 424 g/mol. The second-order valence-electron chi connectivity index (χ2n) is 6.92. The SMILES string of the molecule is COc1ccc(C2CCN(c3ncccc3[N+](=O)[O-])CC2NC(=O)C(F)(F)F)cc1F. The molecule has 0 aliphatic carbocycles. The number of alkyl halides is 3. The number of nitrogens with zero attached hydrogens (tertiary/aromatic N) is 3. The first-order valence-corrected chi connectivity index (χ1v) is 9.17. The number of benzene rings is 1. The molecule has 2 aromatic rings. The van der Waals surface area contributed by atoms with E-state index in [4.69, 9.17) is 4.74 Å². The van der Waals surface area contributed by atoms with Crippen molar-refractivity contribution in [3.05, 3.63) is 58.0 Å². The molecule has 0 saturated carbocycles. The van der Waals surface area contributed by atoms with Crippen LogP contribution in [0.3, 0.4) is 0 Å². The van der Waals surface area contributed by atoms with E-state index in [0.29, 0.717) is 5.56 Å². The number of hydrogen-bond acceptors (Lipinski definition) is 6. The van der Waals surface area contributed by atoms with Crippen LogP contribution in [0.2, 0.25) is 0 Å². The molecular formula is C19H18F4N4O4. The molecule has 1 amide bonds. The van der Waals surface area contributed by atoms with Crippen LogP contribution >= 0.6 is 0 Å². The van der Waals surface area contributed by atoms with Crippen LogP contribution in [0.1, 0.15) is 17.9 Å². The monoisotopic (exact) mass is 442 g/mol. The van der Waals surface area contributed by atoms with Crippen LogP contribution in [0.25, 0.3) is 0 Å². The van der Waals surface area contributed by atoms with E-state index < -0.39 is 34.8 Å². The first-order valence-electron chi connectivity index (χ1n) is 9.17. The molecule has 8 nitrogen and oxygen atoms in total. The lowest BCUT2D eigenvalue weighted by atomic mass is 9.85. The van der Waals surface area contributed by atoms with E-state index in [9.17, 15) is 32.5 Å². The van der Waals surface area contributed by atoms with Gasteiger partial charge in [0, 0.05) is 31.3 Å². The highest BCUT2D eigenvalue weighted by atomic mass is 19.4. The number of carbonyl (C=O) groups excluding carboxylic acids is 1. The predicted molar refractivity (Wildman–Crippen MR) is 101 cm³/mol. The number of amides is 1. The van der Waals surface area contributed by atoms with Crippen molar-refractivity contribution in [1.82, 2.24) is 10.3 Å². The highest BCUT2D eigenvalue weighted by Crippen LogP contribution is 2.35. The third-order valence-corrected chi connectivity index (χ3v) is 5.05. The Labute approximate surface area is 174 Å². The Morgan fingerprint density at radius 1 is 1.35 bits per heavy atom. The molecule has 1 aliphatic heterocycles. The molecule has 1 aromatic heterocycles. The molecule has 2 heterocycles. The Morgan fingerprint density at radius 2 is 2.10 bits per heavy atom. The molecule has 1 N–H and O–H groups in total. The Kier molecular flexibility index (Phi) is 6.27. The van der Waals surface area contributed by atoms with Crippen LogP contribution in [0.4, 0.5) is 29.1 Å². The summed E-state index contributed by atoms with van der Waals surface area (Å²) in [5, 5.41) is 13.3. The van der Waals surface area contributed by atoms with Crippen LogP contribution in [-0.2, 0) is 4.79 Å². The van der Waals surface area contributed by atoms with E-state index in [1.807, 2.05) is 5.32 Å². The Morgan fingerprint density at radius 3 is 2.71 bits per heavy atom. The topological polar surface area (TPSA) is 97.6 Å². The van der Waals surface area contributed by atoms with Gasteiger partial charge in [-0.2, -0.15) is 13.2 Å². The number of methoxy groups -OCH3 is 1. The fourth-order valence-corrected chi connectivity index (χ4v) is 3.63. The Balaban J connectivity index is 1.93. The number of hydrogen-bond donors (Lipinski definition) is 1. The minimum absolute atomic E-state index is 0.0156. The summed E-state index contributed by atoms with van der Waals surface area (Å²) in [7, 11) is 1.28. The van der Waals surface area contributed by atoms with Crippen molar-refractivity contribution in [2.45, 2.75) is 24.6 Å². The number of pyridine rings is 1. The maximum absolute atomic E-state index is 14.2. The van der Waals surface area contributed by atoms with Gasteiger partial charge in [-0.25, -0.2) is 9.37 Å². The predicted octanol–water partition coefficient (Wildman–Crippen LogP) is 3.18. The molecule has 0 radical (unpaired) electrons. The minimum atomic E-state index is -5.12.